The van der Waals surface area contributed by atoms with Crippen LogP contribution in [0.4, 0.5) is 13.2 Å². The Morgan fingerprint density at radius 3 is 2.32 bits per heavy atom. The molecule has 5 aromatic rings. The number of halogens is 3. The van der Waals surface area contributed by atoms with Crippen LogP contribution in [0.25, 0.3) is 21.3 Å². The lowest BCUT2D eigenvalue weighted by Crippen LogP contribution is -2.58. The van der Waals surface area contributed by atoms with Gasteiger partial charge < -0.3 is 40.4 Å². The normalized spacial score (nSPS) is 18.9. The number of H-pyrrole nitrogens is 1. The van der Waals surface area contributed by atoms with Crippen LogP contribution in [-0.4, -0.2) is 124 Å². The number of para-hydroxylation sites is 1. The number of aromatic amines is 1. The third kappa shape index (κ3) is 13.3. The Labute approximate surface area is 417 Å². The molecular weight excluding hydrogens is 936 g/mol. The van der Waals surface area contributed by atoms with E-state index in [1.165, 1.54) is 30.9 Å². The van der Waals surface area contributed by atoms with Crippen LogP contribution in [0.15, 0.2) is 66.2 Å². The van der Waals surface area contributed by atoms with Crippen molar-refractivity contribution in [1.29, 1.82) is 0 Å². The molecule has 0 bridgehead atoms. The number of aliphatic hydroxyl groups is 1. The number of hydrogen-bond donors (Lipinski definition) is 5. The lowest BCUT2D eigenvalue weighted by molar-refractivity contribution is -0.144. The summed E-state index contributed by atoms with van der Waals surface area (Å²) in [5.41, 5.74) is 4.86. The Morgan fingerprint density at radius 1 is 0.944 bits per heavy atom. The number of aromatic nitrogens is 2. The highest BCUT2D eigenvalue weighted by molar-refractivity contribution is 7.13. The van der Waals surface area contributed by atoms with Crippen molar-refractivity contribution < 1.29 is 46.9 Å². The molecule has 0 unspecified atom stereocenters. The number of carbonyl (C=O) groups excluding carboxylic acids is 4. The molecule has 14 nitrogen and oxygen atoms in total. The largest absolute Gasteiger partial charge is 0.391 e. The third-order valence-corrected chi connectivity index (χ3v) is 14.0. The number of benzene rings is 3. The fraction of sp³-hybridized carbons (Fsp3) is 0.491. The van der Waals surface area contributed by atoms with Crippen LogP contribution in [-0.2, 0) is 48.0 Å². The van der Waals surface area contributed by atoms with Gasteiger partial charge in [0, 0.05) is 67.2 Å². The second kappa shape index (κ2) is 22.8. The number of nitrogens with one attached hydrogen (secondary N) is 4. The van der Waals surface area contributed by atoms with E-state index in [9.17, 15) is 24.3 Å². The first-order valence-electron chi connectivity index (χ1n) is 24.2. The van der Waals surface area contributed by atoms with Crippen LogP contribution >= 0.6 is 11.3 Å². The molecule has 0 saturated carbocycles. The maximum Gasteiger partial charge on any atom is 0.246 e. The van der Waals surface area contributed by atoms with Gasteiger partial charge in [-0.25, -0.2) is 18.2 Å². The number of ether oxygens (including phenoxy) is 2. The number of rotatable bonds is 20. The second-order valence-corrected chi connectivity index (χ2v) is 21.2. The molecule has 0 radical (unpaired) electrons. The number of carbonyl (C=O) groups is 4. The number of nitrogens with zero attached hydrogens (tertiary/aromatic N) is 3. The van der Waals surface area contributed by atoms with Crippen LogP contribution in [0.2, 0.25) is 0 Å². The summed E-state index contributed by atoms with van der Waals surface area (Å²) >= 11 is 1.56. The first kappa shape index (κ1) is 53.1. The summed E-state index contributed by atoms with van der Waals surface area (Å²) in [6.45, 7) is 12.4. The minimum Gasteiger partial charge on any atom is -0.391 e. The van der Waals surface area contributed by atoms with Gasteiger partial charge in [0.1, 0.15) is 36.0 Å². The maximum absolute atomic E-state index is 16.1. The topological polar surface area (TPSA) is 178 Å². The molecule has 1 fully saturated rings. The predicted molar refractivity (Wildman–Crippen MR) is 266 cm³/mol. The highest BCUT2D eigenvalue weighted by atomic mass is 32.1. The Kier molecular flexibility index (Phi) is 17.1. The standard InChI is InChI=1S/C53H66F3N7O7S/c1-31-22-38-37-10-8-9-11-41(37)60-46(38)47(63(31)29-53(6,7)56)45-39(54)23-34(24-40(45)55)14-17-43(65)57-18-19-69-20-21-70-28-44(66)61-49(52(3,4)5)51(68)62-27-36(64)25-42(62)50(67)58-26-33-12-15-35(16-13-33)48-32(2)59-30-71-48/h8-13,15-16,23-24,30-31,36,42,47,49,60,64H,14,17-22,25-29H2,1-7H3,(H,57,65)(H,58,67)(H,61,66)/t31-,36-,42+,47-,49-/m1/s1. The summed E-state index contributed by atoms with van der Waals surface area (Å²) in [6, 6.07) is 14.9. The highest BCUT2D eigenvalue weighted by Crippen LogP contribution is 2.43. The lowest BCUT2D eigenvalue weighted by Gasteiger charge is -2.43. The number of β-amino-alcohol motifs (C(OH)–C–C–N with tert-alkyl or cyclic N) is 1. The smallest absolute Gasteiger partial charge is 0.246 e. The molecule has 2 aromatic heterocycles. The third-order valence-electron chi connectivity index (χ3n) is 13.0. The summed E-state index contributed by atoms with van der Waals surface area (Å²) in [4.78, 5) is 65.0. The highest BCUT2D eigenvalue weighted by Gasteiger charge is 2.45. The van der Waals surface area contributed by atoms with E-state index in [2.05, 4.69) is 25.9 Å². The lowest BCUT2D eigenvalue weighted by atomic mass is 9.85. The molecule has 382 valence electrons. The van der Waals surface area contributed by atoms with Gasteiger partial charge >= 0.3 is 0 Å². The molecule has 5 N–H and O–H groups in total. The van der Waals surface area contributed by atoms with Gasteiger partial charge in [0.2, 0.25) is 23.6 Å². The molecule has 0 spiro atoms. The first-order valence-corrected chi connectivity index (χ1v) is 25.1. The van der Waals surface area contributed by atoms with Crippen LogP contribution in [0.1, 0.15) is 94.1 Å². The summed E-state index contributed by atoms with van der Waals surface area (Å²) in [5.74, 6) is -3.32. The summed E-state index contributed by atoms with van der Waals surface area (Å²) < 4.78 is 58.4. The Bertz CT molecular complexity index is 2660. The Hall–Kier alpha value is -5.66. The van der Waals surface area contributed by atoms with Gasteiger partial charge in [0.15, 0.2) is 0 Å². The molecule has 4 amide bonds. The zero-order chi connectivity index (χ0) is 51.2. The summed E-state index contributed by atoms with van der Waals surface area (Å²) in [5, 5.41) is 19.9. The predicted octanol–water partition coefficient (Wildman–Crippen LogP) is 6.85. The summed E-state index contributed by atoms with van der Waals surface area (Å²) in [7, 11) is 0. The van der Waals surface area contributed by atoms with Crippen molar-refractivity contribution in [1.82, 2.24) is 35.7 Å². The minimum absolute atomic E-state index is 0.0282. The van der Waals surface area contributed by atoms with E-state index >= 15 is 13.2 Å². The Morgan fingerprint density at radius 2 is 1.65 bits per heavy atom. The van der Waals surface area contributed by atoms with E-state index in [0.717, 1.165) is 38.2 Å². The van der Waals surface area contributed by atoms with Gasteiger partial charge in [-0.2, -0.15) is 0 Å². The number of thiazole rings is 1. The van der Waals surface area contributed by atoms with E-state index < -0.39 is 64.7 Å². The molecule has 5 atom stereocenters. The minimum atomic E-state index is -1.62. The molecule has 18 heteroatoms. The van der Waals surface area contributed by atoms with Gasteiger partial charge in [-0.15, -0.1) is 11.3 Å². The molecule has 71 heavy (non-hydrogen) atoms. The van der Waals surface area contributed by atoms with E-state index in [0.29, 0.717) is 17.7 Å². The van der Waals surface area contributed by atoms with Gasteiger partial charge in [-0.05, 0) is 86.4 Å². The molecule has 4 heterocycles. The molecule has 2 aliphatic rings. The molecule has 7 rings (SSSR count). The first-order chi connectivity index (χ1) is 33.7. The van der Waals surface area contributed by atoms with Gasteiger partial charge in [0.25, 0.3) is 0 Å². The van der Waals surface area contributed by atoms with Crippen molar-refractivity contribution in [2.45, 2.75) is 117 Å². The number of aryl methyl sites for hydroxylation is 2. The van der Waals surface area contributed by atoms with E-state index in [1.54, 1.807) is 37.6 Å². The van der Waals surface area contributed by atoms with Crippen molar-refractivity contribution in [3.05, 3.63) is 111 Å². The SMILES string of the molecule is Cc1ncsc1-c1ccc(CNC(=O)[C@@H]2C[C@@H](O)CN2C(=O)[C@@H](NC(=O)COCCOCCNC(=O)CCc2cc(F)c([C@@H]3c4[nH]c5ccccc5c4C[C@@H](C)N3CC(C)(C)F)c(F)c2)C(C)(C)C)cc1. The van der Waals surface area contributed by atoms with Crippen molar-refractivity contribution in [2.75, 3.05) is 46.1 Å². The monoisotopic (exact) mass is 1000 g/mol. The molecule has 0 aliphatic carbocycles. The number of likely N-dealkylation sites (tertiary alicyclic amines) is 1. The molecule has 2 aliphatic heterocycles. The van der Waals surface area contributed by atoms with Crippen LogP contribution < -0.4 is 16.0 Å². The van der Waals surface area contributed by atoms with Gasteiger partial charge in [-0.3, -0.25) is 24.1 Å². The van der Waals surface area contributed by atoms with Gasteiger partial charge in [-0.1, -0.05) is 63.2 Å². The summed E-state index contributed by atoms with van der Waals surface area (Å²) in [6.07, 6.45) is -0.199. The van der Waals surface area contributed by atoms with Crippen molar-refractivity contribution in [2.24, 2.45) is 5.41 Å². The average molecular weight is 1000 g/mol. The van der Waals surface area contributed by atoms with Gasteiger partial charge in [0.05, 0.1) is 48.0 Å². The van der Waals surface area contributed by atoms with E-state index in [-0.39, 0.29) is 89.4 Å². The number of aliphatic hydroxyl groups excluding tert-OH is 1. The Balaban J connectivity index is 0.822. The van der Waals surface area contributed by atoms with E-state index in [4.69, 9.17) is 9.47 Å². The average Bonchev–Trinajstić information content (AvgIpc) is 4.03. The fourth-order valence-corrected chi connectivity index (χ4v) is 10.3. The van der Waals surface area contributed by atoms with Crippen LogP contribution in [0.3, 0.4) is 0 Å². The number of alkyl halides is 1. The maximum atomic E-state index is 16.1. The number of hydrogen-bond acceptors (Lipinski definition) is 10. The molecule has 3 aromatic carbocycles. The number of amides is 4. The zero-order valence-electron chi connectivity index (χ0n) is 41.5. The van der Waals surface area contributed by atoms with Crippen molar-refractivity contribution >= 4 is 45.9 Å². The van der Waals surface area contributed by atoms with Crippen molar-refractivity contribution in [3.63, 3.8) is 0 Å². The molecule has 1 saturated heterocycles. The fourth-order valence-electron chi connectivity index (χ4n) is 9.52. The second-order valence-electron chi connectivity index (χ2n) is 20.3. The van der Waals surface area contributed by atoms with E-state index in [1.807, 2.05) is 67.3 Å². The quantitative estimate of drug-likeness (QED) is 0.0522. The molecular formula is C53H66F3N7O7S. The van der Waals surface area contributed by atoms with Crippen LogP contribution in [0.5, 0.6) is 0 Å². The van der Waals surface area contributed by atoms with Crippen LogP contribution in [0, 0.1) is 24.0 Å². The van der Waals surface area contributed by atoms with Crippen molar-refractivity contribution in [3.8, 4) is 10.4 Å². The zero-order valence-corrected chi connectivity index (χ0v) is 42.3. The number of fused-ring (bicyclic) bond motifs is 3.